The highest BCUT2D eigenvalue weighted by atomic mass is 32.2. The number of amides is 1. The molecule has 144 valence electrons. The summed E-state index contributed by atoms with van der Waals surface area (Å²) in [6.07, 6.45) is 5.67. The molecule has 2 aliphatic rings. The number of hydrogen-bond acceptors (Lipinski definition) is 5. The summed E-state index contributed by atoms with van der Waals surface area (Å²) in [7, 11) is -1.63. The summed E-state index contributed by atoms with van der Waals surface area (Å²) in [5.74, 6) is -0.0122. The number of benzene rings is 1. The van der Waals surface area contributed by atoms with E-state index in [9.17, 15) is 13.2 Å². The van der Waals surface area contributed by atoms with Crippen molar-refractivity contribution >= 4 is 15.7 Å². The maximum atomic E-state index is 13.3. The highest BCUT2D eigenvalue weighted by Crippen LogP contribution is 2.40. The van der Waals surface area contributed by atoms with Gasteiger partial charge < -0.3 is 14.8 Å². The summed E-state index contributed by atoms with van der Waals surface area (Å²) in [6.45, 7) is 0.935. The zero-order chi connectivity index (χ0) is 18.8. The lowest BCUT2D eigenvalue weighted by atomic mass is 9.68. The fourth-order valence-electron chi connectivity index (χ4n) is 4.03. The van der Waals surface area contributed by atoms with E-state index < -0.39 is 15.3 Å². The minimum Gasteiger partial charge on any atom is -0.377 e. The smallest absolute Gasteiger partial charge is 0.231 e. The van der Waals surface area contributed by atoms with E-state index in [2.05, 4.69) is 5.32 Å². The van der Waals surface area contributed by atoms with Gasteiger partial charge in [-0.1, -0.05) is 31.4 Å². The summed E-state index contributed by atoms with van der Waals surface area (Å²) in [5.41, 5.74) is 0.268. The molecule has 1 aliphatic heterocycles. The molecular formula is C19H27NO5S. The minimum absolute atomic E-state index is 0.0122. The molecular weight excluding hydrogens is 354 g/mol. The molecule has 2 atom stereocenters. The summed E-state index contributed by atoms with van der Waals surface area (Å²) in [6, 6.07) is 6.64. The monoisotopic (exact) mass is 381 g/mol. The minimum atomic E-state index is -3.25. The lowest BCUT2D eigenvalue weighted by molar-refractivity contribution is -0.129. The summed E-state index contributed by atoms with van der Waals surface area (Å²) >= 11 is 0. The zero-order valence-electron chi connectivity index (χ0n) is 15.4. The molecule has 1 saturated heterocycles. The normalized spacial score (nSPS) is 25.8. The quantitative estimate of drug-likeness (QED) is 0.841. The molecule has 1 saturated carbocycles. The van der Waals surface area contributed by atoms with Gasteiger partial charge in [-0.05, 0) is 30.5 Å². The van der Waals surface area contributed by atoms with Gasteiger partial charge in [0, 0.05) is 13.4 Å². The van der Waals surface area contributed by atoms with Crippen LogP contribution in [0.4, 0.5) is 0 Å². The fraction of sp³-hybridized carbons (Fsp3) is 0.632. The Labute approximate surface area is 155 Å². The van der Waals surface area contributed by atoms with Crippen molar-refractivity contribution in [2.24, 2.45) is 0 Å². The van der Waals surface area contributed by atoms with Gasteiger partial charge in [0.25, 0.3) is 0 Å². The molecule has 6 nitrogen and oxygen atoms in total. The second kappa shape index (κ2) is 7.66. The van der Waals surface area contributed by atoms with Gasteiger partial charge in [0.05, 0.1) is 29.6 Å². The van der Waals surface area contributed by atoms with E-state index in [0.717, 1.165) is 37.7 Å². The summed E-state index contributed by atoms with van der Waals surface area (Å²) < 4.78 is 34.3. The van der Waals surface area contributed by atoms with Gasteiger partial charge in [0.1, 0.15) is 6.10 Å². The van der Waals surface area contributed by atoms with Crippen LogP contribution in [0.1, 0.15) is 37.7 Å². The molecule has 0 aromatic heterocycles. The van der Waals surface area contributed by atoms with Gasteiger partial charge in [-0.15, -0.1) is 0 Å². The average molecular weight is 381 g/mol. The predicted octanol–water partition coefficient (Wildman–Crippen LogP) is 1.82. The van der Waals surface area contributed by atoms with Crippen LogP contribution in [0.25, 0.3) is 0 Å². The lowest BCUT2D eigenvalue weighted by Crippen LogP contribution is -2.52. The number of ether oxygens (including phenoxy) is 2. The third-order valence-electron chi connectivity index (χ3n) is 5.62. The second-order valence-electron chi connectivity index (χ2n) is 7.33. The molecule has 1 heterocycles. The van der Waals surface area contributed by atoms with Crippen LogP contribution in [0.2, 0.25) is 0 Å². The van der Waals surface area contributed by atoms with Crippen molar-refractivity contribution in [3.63, 3.8) is 0 Å². The van der Waals surface area contributed by atoms with Gasteiger partial charge in [-0.2, -0.15) is 0 Å². The Morgan fingerprint density at radius 2 is 1.81 bits per heavy atom. The van der Waals surface area contributed by atoms with Crippen molar-refractivity contribution < 1.29 is 22.7 Å². The third-order valence-corrected chi connectivity index (χ3v) is 6.75. The largest absolute Gasteiger partial charge is 0.377 e. The zero-order valence-corrected chi connectivity index (χ0v) is 16.2. The molecule has 0 unspecified atom stereocenters. The van der Waals surface area contributed by atoms with Crippen molar-refractivity contribution in [2.75, 3.05) is 26.6 Å². The van der Waals surface area contributed by atoms with Gasteiger partial charge >= 0.3 is 0 Å². The van der Waals surface area contributed by atoms with Crippen molar-refractivity contribution in [2.45, 2.75) is 54.6 Å². The SMILES string of the molecule is CO[C@H]1COC[C@@H]1NC(=O)C1(c2ccc(S(C)(=O)=O)cc2)CCCCC1. The van der Waals surface area contributed by atoms with Crippen LogP contribution in [0.15, 0.2) is 29.2 Å². The Kier molecular flexibility index (Phi) is 5.69. The van der Waals surface area contributed by atoms with Crippen molar-refractivity contribution in [3.8, 4) is 0 Å². The molecule has 26 heavy (non-hydrogen) atoms. The molecule has 1 aromatic rings. The van der Waals surface area contributed by atoms with Gasteiger partial charge in [0.2, 0.25) is 5.91 Å². The van der Waals surface area contributed by atoms with Gasteiger partial charge in [-0.25, -0.2) is 8.42 Å². The first-order valence-corrected chi connectivity index (χ1v) is 11.0. The van der Waals surface area contributed by atoms with Gasteiger partial charge in [0.15, 0.2) is 9.84 Å². The number of rotatable bonds is 5. The first kappa shape index (κ1) is 19.3. The molecule has 1 amide bonds. The van der Waals surface area contributed by atoms with E-state index in [1.165, 1.54) is 6.26 Å². The molecule has 1 N–H and O–H groups in total. The Morgan fingerprint density at radius 1 is 1.15 bits per heavy atom. The summed E-state index contributed by atoms with van der Waals surface area (Å²) in [5, 5.41) is 3.13. The van der Waals surface area contributed by atoms with E-state index in [4.69, 9.17) is 9.47 Å². The number of sulfone groups is 1. The standard InChI is InChI=1S/C19H27NO5S/c1-24-17-13-25-12-16(17)20-18(21)19(10-4-3-5-11-19)14-6-8-15(9-7-14)26(2,22)23/h6-9,16-17H,3-5,10-13H2,1-2H3,(H,20,21)/t16-,17-/m0/s1. The van der Waals surface area contributed by atoms with Gasteiger partial charge in [-0.3, -0.25) is 4.79 Å². The summed E-state index contributed by atoms with van der Waals surface area (Å²) in [4.78, 5) is 13.6. The van der Waals surface area contributed by atoms with E-state index >= 15 is 0 Å². The third kappa shape index (κ3) is 3.80. The molecule has 1 aromatic carbocycles. The van der Waals surface area contributed by atoms with E-state index in [1.807, 2.05) is 0 Å². The highest BCUT2D eigenvalue weighted by Gasteiger charge is 2.43. The Bertz CT molecular complexity index is 738. The van der Waals surface area contributed by atoms with Crippen LogP contribution in [0, 0.1) is 0 Å². The molecule has 0 bridgehead atoms. The maximum Gasteiger partial charge on any atom is 0.231 e. The van der Waals surface area contributed by atoms with E-state index in [-0.39, 0.29) is 22.9 Å². The molecule has 2 fully saturated rings. The molecule has 0 spiro atoms. The number of methoxy groups -OCH3 is 1. The molecule has 0 radical (unpaired) electrons. The Morgan fingerprint density at radius 3 is 2.38 bits per heavy atom. The number of nitrogens with one attached hydrogen (secondary N) is 1. The van der Waals surface area contributed by atoms with Crippen LogP contribution in [-0.4, -0.2) is 53.1 Å². The van der Waals surface area contributed by atoms with Crippen molar-refractivity contribution in [3.05, 3.63) is 29.8 Å². The lowest BCUT2D eigenvalue weighted by Gasteiger charge is -2.37. The number of carbonyl (C=O) groups excluding carboxylic acids is 1. The Balaban J connectivity index is 1.87. The van der Waals surface area contributed by atoms with Crippen LogP contribution >= 0.6 is 0 Å². The molecule has 1 aliphatic carbocycles. The molecule has 3 rings (SSSR count). The second-order valence-corrected chi connectivity index (χ2v) is 9.35. The van der Waals surface area contributed by atoms with E-state index in [1.54, 1.807) is 31.4 Å². The molecule has 7 heteroatoms. The van der Waals surface area contributed by atoms with Crippen LogP contribution in [-0.2, 0) is 29.5 Å². The topological polar surface area (TPSA) is 81.7 Å². The van der Waals surface area contributed by atoms with Crippen LogP contribution < -0.4 is 5.32 Å². The average Bonchev–Trinajstić information content (AvgIpc) is 3.09. The fourth-order valence-corrected chi connectivity index (χ4v) is 4.66. The van der Waals surface area contributed by atoms with Crippen molar-refractivity contribution in [1.82, 2.24) is 5.32 Å². The Hall–Kier alpha value is -1.44. The van der Waals surface area contributed by atoms with Crippen molar-refractivity contribution in [1.29, 1.82) is 0 Å². The number of hydrogen-bond donors (Lipinski definition) is 1. The highest BCUT2D eigenvalue weighted by molar-refractivity contribution is 7.90. The van der Waals surface area contributed by atoms with E-state index in [0.29, 0.717) is 13.2 Å². The predicted molar refractivity (Wildman–Crippen MR) is 97.9 cm³/mol. The van der Waals surface area contributed by atoms with Crippen LogP contribution in [0.5, 0.6) is 0 Å². The van der Waals surface area contributed by atoms with Crippen LogP contribution in [0.3, 0.4) is 0 Å². The maximum absolute atomic E-state index is 13.3. The first-order chi connectivity index (χ1) is 12.4. The first-order valence-electron chi connectivity index (χ1n) is 9.09. The number of carbonyl (C=O) groups is 1.